The van der Waals surface area contributed by atoms with Crippen LogP contribution in [0.1, 0.15) is 36.0 Å². The van der Waals surface area contributed by atoms with E-state index in [9.17, 15) is 4.79 Å². The lowest BCUT2D eigenvalue weighted by Gasteiger charge is -2.26. The molecule has 1 atom stereocenters. The van der Waals surface area contributed by atoms with E-state index in [-0.39, 0.29) is 11.8 Å². The van der Waals surface area contributed by atoms with E-state index < -0.39 is 0 Å². The number of fused-ring (bicyclic) bond motifs is 1. The number of rotatable bonds is 5. The Bertz CT molecular complexity index is 789. The van der Waals surface area contributed by atoms with Crippen molar-refractivity contribution in [3.8, 4) is 11.8 Å². The molecule has 1 heterocycles. The summed E-state index contributed by atoms with van der Waals surface area (Å²) in [6.07, 6.45) is 1.88. The predicted octanol–water partition coefficient (Wildman–Crippen LogP) is 3.36. The first-order valence-electron chi connectivity index (χ1n) is 9.35. The van der Waals surface area contributed by atoms with Crippen LogP contribution in [0.5, 0.6) is 0 Å². The highest BCUT2D eigenvalue weighted by Gasteiger charge is 2.17. The van der Waals surface area contributed by atoms with E-state index >= 15 is 0 Å². The zero-order chi connectivity index (χ0) is 18.2. The molecule has 0 radical (unpaired) electrons. The molecule has 0 bridgehead atoms. The third-order valence-corrected chi connectivity index (χ3v) is 4.92. The molecule has 134 valence electrons. The van der Waals surface area contributed by atoms with Gasteiger partial charge < -0.3 is 5.32 Å². The molecular formula is C23H26N2O. The van der Waals surface area contributed by atoms with Gasteiger partial charge in [0, 0.05) is 13.1 Å². The maximum atomic E-state index is 12.4. The van der Waals surface area contributed by atoms with Gasteiger partial charge in [-0.2, -0.15) is 0 Å². The third kappa shape index (κ3) is 4.74. The zero-order valence-electron chi connectivity index (χ0n) is 15.4. The van der Waals surface area contributed by atoms with Gasteiger partial charge in [-0.1, -0.05) is 73.4 Å². The van der Waals surface area contributed by atoms with Crippen LogP contribution in [-0.4, -0.2) is 30.4 Å². The summed E-state index contributed by atoms with van der Waals surface area (Å²) in [4.78, 5) is 14.7. The average Bonchev–Trinajstić information content (AvgIpc) is 2.69. The minimum absolute atomic E-state index is 0.0555. The number of carbonyl (C=O) groups excluding carboxylic acids is 1. The maximum absolute atomic E-state index is 12.4. The minimum atomic E-state index is -0.100. The molecule has 3 heteroatoms. The Labute approximate surface area is 156 Å². The number of benzene rings is 2. The Hall–Kier alpha value is -2.57. The summed E-state index contributed by atoms with van der Waals surface area (Å²) < 4.78 is 0. The number of hydrogen-bond donors (Lipinski definition) is 1. The monoisotopic (exact) mass is 346 g/mol. The highest BCUT2D eigenvalue weighted by atomic mass is 16.1. The van der Waals surface area contributed by atoms with Gasteiger partial charge in [0.05, 0.1) is 19.0 Å². The van der Waals surface area contributed by atoms with Crippen LogP contribution in [0.15, 0.2) is 54.6 Å². The summed E-state index contributed by atoms with van der Waals surface area (Å²) >= 11 is 0. The van der Waals surface area contributed by atoms with E-state index in [1.54, 1.807) is 0 Å². The molecule has 0 unspecified atom stereocenters. The van der Waals surface area contributed by atoms with Gasteiger partial charge in [0.2, 0.25) is 5.91 Å². The van der Waals surface area contributed by atoms with Gasteiger partial charge in [-0.05, 0) is 29.5 Å². The number of amides is 1. The van der Waals surface area contributed by atoms with Crippen LogP contribution in [0.2, 0.25) is 0 Å². The number of nitrogens with zero attached hydrogens (tertiary/aromatic N) is 1. The molecular weight excluding hydrogens is 320 g/mol. The molecule has 1 N–H and O–H groups in total. The van der Waals surface area contributed by atoms with E-state index in [1.165, 1.54) is 11.1 Å². The Kier molecular flexibility index (Phi) is 6.46. The topological polar surface area (TPSA) is 32.3 Å². The van der Waals surface area contributed by atoms with Gasteiger partial charge in [0.1, 0.15) is 0 Å². The lowest BCUT2D eigenvalue weighted by molar-refractivity contribution is -0.122. The Morgan fingerprint density at radius 3 is 2.58 bits per heavy atom. The molecule has 0 aliphatic carbocycles. The molecule has 1 aliphatic rings. The van der Waals surface area contributed by atoms with Crippen molar-refractivity contribution in [1.29, 1.82) is 0 Å². The fourth-order valence-electron chi connectivity index (χ4n) is 3.43. The summed E-state index contributed by atoms with van der Waals surface area (Å²) in [6.45, 7) is 5.21. The van der Waals surface area contributed by atoms with E-state index in [1.807, 2.05) is 37.3 Å². The minimum Gasteiger partial charge on any atom is -0.345 e. The third-order valence-electron chi connectivity index (χ3n) is 4.92. The standard InChI is InChI=1S/C23H26N2O/c1-2-22(20-11-4-3-5-12-20)23(26)24-15-8-9-16-25-17-14-19-10-6-7-13-21(19)18-25/h3-7,10-13,22H,2,14-18H2,1H3,(H,24,26)/t22-/m0/s1. The van der Waals surface area contributed by atoms with Crippen LogP contribution >= 0.6 is 0 Å². The smallest absolute Gasteiger partial charge is 0.228 e. The van der Waals surface area contributed by atoms with Crippen molar-refractivity contribution in [2.45, 2.75) is 32.2 Å². The summed E-state index contributed by atoms with van der Waals surface area (Å²) in [5, 5.41) is 2.95. The average molecular weight is 346 g/mol. The second-order valence-electron chi connectivity index (χ2n) is 6.67. The second kappa shape index (κ2) is 9.22. The van der Waals surface area contributed by atoms with Crippen LogP contribution in [-0.2, 0) is 17.8 Å². The summed E-state index contributed by atoms with van der Waals surface area (Å²) in [5.41, 5.74) is 3.92. The molecule has 0 aromatic heterocycles. The molecule has 1 amide bonds. The molecule has 0 saturated heterocycles. The van der Waals surface area contributed by atoms with E-state index in [0.29, 0.717) is 6.54 Å². The molecule has 3 nitrogen and oxygen atoms in total. The summed E-state index contributed by atoms with van der Waals surface area (Å²) in [5.74, 6) is 6.25. The van der Waals surface area contributed by atoms with Gasteiger partial charge >= 0.3 is 0 Å². The highest BCUT2D eigenvalue weighted by molar-refractivity contribution is 5.83. The van der Waals surface area contributed by atoms with E-state index in [0.717, 1.165) is 38.0 Å². The normalized spacial score (nSPS) is 14.7. The van der Waals surface area contributed by atoms with Crippen molar-refractivity contribution in [3.63, 3.8) is 0 Å². The Morgan fingerprint density at radius 2 is 1.81 bits per heavy atom. The lowest BCUT2D eigenvalue weighted by atomic mass is 9.96. The van der Waals surface area contributed by atoms with Crippen molar-refractivity contribution < 1.29 is 4.79 Å². The molecule has 0 fully saturated rings. The van der Waals surface area contributed by atoms with Crippen molar-refractivity contribution in [1.82, 2.24) is 10.2 Å². The molecule has 26 heavy (non-hydrogen) atoms. The molecule has 2 aromatic rings. The largest absolute Gasteiger partial charge is 0.345 e. The molecule has 3 rings (SSSR count). The van der Waals surface area contributed by atoms with Crippen LogP contribution in [0.25, 0.3) is 0 Å². The Balaban J connectivity index is 1.45. The fraction of sp³-hybridized carbons (Fsp3) is 0.348. The fourth-order valence-corrected chi connectivity index (χ4v) is 3.43. The van der Waals surface area contributed by atoms with E-state index in [2.05, 4.69) is 46.3 Å². The van der Waals surface area contributed by atoms with Crippen LogP contribution in [0.3, 0.4) is 0 Å². The Morgan fingerprint density at radius 1 is 1.08 bits per heavy atom. The van der Waals surface area contributed by atoms with Crippen molar-refractivity contribution >= 4 is 5.91 Å². The first kappa shape index (κ1) is 18.2. The van der Waals surface area contributed by atoms with Crippen LogP contribution in [0.4, 0.5) is 0 Å². The number of hydrogen-bond acceptors (Lipinski definition) is 2. The molecule has 0 saturated carbocycles. The van der Waals surface area contributed by atoms with Crippen molar-refractivity contribution in [2.24, 2.45) is 0 Å². The SMILES string of the molecule is CC[C@H](C(=O)NCC#CCN1CCc2ccccc2C1)c1ccccc1. The van der Waals surface area contributed by atoms with Crippen LogP contribution in [0, 0.1) is 11.8 Å². The van der Waals surface area contributed by atoms with Gasteiger partial charge in [-0.25, -0.2) is 0 Å². The molecule has 2 aromatic carbocycles. The number of carbonyl (C=O) groups is 1. The number of nitrogens with one attached hydrogen (secondary N) is 1. The van der Waals surface area contributed by atoms with Crippen LogP contribution < -0.4 is 5.32 Å². The highest BCUT2D eigenvalue weighted by Crippen LogP contribution is 2.19. The van der Waals surface area contributed by atoms with Gasteiger partial charge in [0.25, 0.3) is 0 Å². The van der Waals surface area contributed by atoms with E-state index in [4.69, 9.17) is 0 Å². The first-order valence-corrected chi connectivity index (χ1v) is 9.35. The predicted molar refractivity (Wildman–Crippen MR) is 106 cm³/mol. The quantitative estimate of drug-likeness (QED) is 0.842. The zero-order valence-corrected chi connectivity index (χ0v) is 15.4. The summed E-state index contributed by atoms with van der Waals surface area (Å²) in [7, 11) is 0. The lowest BCUT2D eigenvalue weighted by Crippen LogP contribution is -2.31. The summed E-state index contributed by atoms with van der Waals surface area (Å²) in [6, 6.07) is 18.5. The van der Waals surface area contributed by atoms with Gasteiger partial charge in [0.15, 0.2) is 0 Å². The van der Waals surface area contributed by atoms with Crippen molar-refractivity contribution in [2.75, 3.05) is 19.6 Å². The maximum Gasteiger partial charge on any atom is 0.228 e. The molecule has 1 aliphatic heterocycles. The second-order valence-corrected chi connectivity index (χ2v) is 6.67. The van der Waals surface area contributed by atoms with Gasteiger partial charge in [-0.3, -0.25) is 9.69 Å². The first-order chi connectivity index (χ1) is 12.8. The molecule has 0 spiro atoms. The van der Waals surface area contributed by atoms with Gasteiger partial charge in [-0.15, -0.1) is 0 Å². The van der Waals surface area contributed by atoms with Crippen molar-refractivity contribution in [3.05, 3.63) is 71.3 Å².